The molecule has 2 aromatic carbocycles. The van der Waals surface area contributed by atoms with Gasteiger partial charge in [0, 0.05) is 46.5 Å². The number of aromatic carboxylic acids is 1. The van der Waals surface area contributed by atoms with Gasteiger partial charge in [-0.2, -0.15) is 39.2 Å². The van der Waals surface area contributed by atoms with Gasteiger partial charge in [0.2, 0.25) is 35.6 Å². The van der Waals surface area contributed by atoms with Crippen molar-refractivity contribution < 1.29 is 33.9 Å². The van der Waals surface area contributed by atoms with E-state index in [4.69, 9.17) is 9.97 Å². The van der Waals surface area contributed by atoms with Crippen LogP contribution in [0, 0.1) is 0 Å². The Kier molecular flexibility index (Phi) is 11.6. The molecule has 8 aromatic rings. The Morgan fingerprint density at radius 1 is 0.676 bits per heavy atom. The van der Waals surface area contributed by atoms with Crippen LogP contribution in [-0.2, 0) is 19.2 Å². The molecule has 0 radical (unpaired) electrons. The second-order valence-corrected chi connectivity index (χ2v) is 18.7. The fourth-order valence-electron chi connectivity index (χ4n) is 9.04. The SMILES string of the molecule is O=C1C/C(=C\c2cnn3c(NC4CC4)nc(-n4cnc5cc(C(=O)NCCCN6CCCC6)ccc54)nc23)C(=O)N1.O=C1C/C(=C\c2cnn3c(NC4CC4)nc(-n4cnc5cc(C(=O)O)ccc54)nc23)C(=O)N1. The van der Waals surface area contributed by atoms with Gasteiger partial charge < -0.3 is 26.0 Å². The molecular formula is C49H46N18O7. The first-order valence-corrected chi connectivity index (χ1v) is 24.3. The number of hydrogen-bond acceptors (Lipinski definition) is 17. The molecule has 0 bridgehead atoms. The highest BCUT2D eigenvalue weighted by Gasteiger charge is 2.29. The summed E-state index contributed by atoms with van der Waals surface area (Å²) in [7, 11) is 0. The Labute approximate surface area is 418 Å². The summed E-state index contributed by atoms with van der Waals surface area (Å²) in [5.41, 5.74) is 6.00. The van der Waals surface area contributed by atoms with Crippen LogP contribution in [-0.4, -0.2) is 142 Å². The van der Waals surface area contributed by atoms with Crippen molar-refractivity contribution in [2.75, 3.05) is 36.8 Å². The van der Waals surface area contributed by atoms with Gasteiger partial charge in [-0.15, -0.1) is 0 Å². The Morgan fingerprint density at radius 2 is 1.18 bits per heavy atom. The summed E-state index contributed by atoms with van der Waals surface area (Å²) in [6.45, 7) is 3.94. The first-order valence-electron chi connectivity index (χ1n) is 24.3. The molecule has 25 nitrogen and oxygen atoms in total. The fourth-order valence-corrected chi connectivity index (χ4v) is 9.04. The van der Waals surface area contributed by atoms with E-state index in [1.807, 2.05) is 6.07 Å². The van der Waals surface area contributed by atoms with Gasteiger partial charge in [-0.25, -0.2) is 14.8 Å². The molecule has 25 heteroatoms. The lowest BCUT2D eigenvalue weighted by atomic mass is 10.1. The van der Waals surface area contributed by atoms with Crippen molar-refractivity contribution in [3.05, 3.63) is 94.8 Å². The number of rotatable bonds is 14. The largest absolute Gasteiger partial charge is 0.478 e. The molecule has 0 unspecified atom stereocenters. The first-order chi connectivity index (χ1) is 36.0. The molecular weight excluding hydrogens is 953 g/mol. The predicted molar refractivity (Wildman–Crippen MR) is 265 cm³/mol. The van der Waals surface area contributed by atoms with E-state index in [9.17, 15) is 33.9 Å². The van der Waals surface area contributed by atoms with Gasteiger partial charge in [-0.05, 0) is 113 Å². The lowest BCUT2D eigenvalue weighted by Gasteiger charge is -2.14. The average molecular weight is 999 g/mol. The maximum atomic E-state index is 12.8. The third kappa shape index (κ3) is 9.26. The van der Waals surface area contributed by atoms with Crippen molar-refractivity contribution >= 4 is 92.9 Å². The summed E-state index contributed by atoms with van der Waals surface area (Å²) in [4.78, 5) is 102. The van der Waals surface area contributed by atoms with E-state index in [1.165, 1.54) is 31.3 Å². The van der Waals surface area contributed by atoms with Crippen LogP contribution < -0.4 is 26.6 Å². The number of imide groups is 2. The number of imidazole rings is 2. The minimum atomic E-state index is -1.04. The summed E-state index contributed by atoms with van der Waals surface area (Å²) < 4.78 is 6.59. The number of fused-ring (bicyclic) bond motifs is 4. The number of carbonyl (C=O) groups is 6. The van der Waals surface area contributed by atoms with Crippen LogP contribution in [0.1, 0.15) is 89.6 Å². The number of aromatic nitrogens is 12. The number of nitrogens with one attached hydrogen (secondary N) is 5. The van der Waals surface area contributed by atoms with Gasteiger partial charge in [0.25, 0.3) is 17.7 Å². The van der Waals surface area contributed by atoms with Crippen molar-refractivity contribution in [1.82, 2.24) is 79.1 Å². The zero-order chi connectivity index (χ0) is 50.6. The predicted octanol–water partition coefficient (Wildman–Crippen LogP) is 2.85. The summed E-state index contributed by atoms with van der Waals surface area (Å²) in [6.07, 6.45) is 17.2. The number of nitrogens with zero attached hydrogens (tertiary/aromatic N) is 13. The van der Waals surface area contributed by atoms with E-state index >= 15 is 0 Å². The van der Waals surface area contributed by atoms with Crippen LogP contribution in [0.2, 0.25) is 0 Å². The topological polar surface area (TPSA) is 308 Å². The molecule has 9 heterocycles. The maximum Gasteiger partial charge on any atom is 0.335 e. The van der Waals surface area contributed by atoms with Crippen LogP contribution in [0.25, 0.3) is 57.4 Å². The summed E-state index contributed by atoms with van der Waals surface area (Å²) in [6, 6.07) is 10.6. The Bertz CT molecular complexity index is 3720. The smallest absolute Gasteiger partial charge is 0.335 e. The number of anilines is 2. The van der Waals surface area contributed by atoms with Crippen molar-refractivity contribution in [3.63, 3.8) is 0 Å². The van der Waals surface area contributed by atoms with Crippen LogP contribution >= 0.6 is 0 Å². The van der Waals surface area contributed by atoms with Gasteiger partial charge in [0.1, 0.15) is 12.7 Å². The Morgan fingerprint density at radius 3 is 1.65 bits per heavy atom. The number of carbonyl (C=O) groups excluding carboxylic acids is 5. The molecule has 74 heavy (non-hydrogen) atoms. The summed E-state index contributed by atoms with van der Waals surface area (Å²) in [5, 5.41) is 32.4. The second-order valence-electron chi connectivity index (χ2n) is 18.7. The van der Waals surface area contributed by atoms with Crippen molar-refractivity contribution in [2.24, 2.45) is 0 Å². The third-order valence-electron chi connectivity index (χ3n) is 13.2. The van der Waals surface area contributed by atoms with E-state index in [2.05, 4.69) is 61.6 Å². The van der Waals surface area contributed by atoms with Crippen LogP contribution in [0.15, 0.2) is 72.6 Å². The van der Waals surface area contributed by atoms with Gasteiger partial charge in [-0.3, -0.25) is 43.7 Å². The molecule has 0 atom stereocenters. The molecule has 5 aliphatic rings. The first kappa shape index (κ1) is 45.9. The van der Waals surface area contributed by atoms with Crippen LogP contribution in [0.4, 0.5) is 11.9 Å². The molecule has 13 rings (SSSR count). The number of carboxylic acids is 1. The minimum Gasteiger partial charge on any atom is -0.478 e. The molecule has 5 fully saturated rings. The van der Waals surface area contributed by atoms with E-state index in [1.54, 1.807) is 67.2 Å². The average Bonchev–Trinajstić information content (AvgIpc) is 3.81. The Hall–Kier alpha value is -9.26. The Balaban J connectivity index is 0.000000154. The van der Waals surface area contributed by atoms with E-state index in [-0.39, 0.29) is 42.2 Å². The molecule has 2 aliphatic carbocycles. The molecule has 6 aromatic heterocycles. The van der Waals surface area contributed by atoms with E-state index in [0.29, 0.717) is 92.1 Å². The zero-order valence-corrected chi connectivity index (χ0v) is 39.5. The monoisotopic (exact) mass is 998 g/mol. The van der Waals surface area contributed by atoms with Crippen molar-refractivity contribution in [2.45, 2.75) is 69.9 Å². The van der Waals surface area contributed by atoms with Gasteiger partial charge >= 0.3 is 5.97 Å². The fraction of sp³-hybridized carbons (Fsp3) is 0.306. The second kappa shape index (κ2) is 18.7. The van der Waals surface area contributed by atoms with Crippen LogP contribution in [0.5, 0.6) is 0 Å². The maximum absolute atomic E-state index is 12.8. The lowest BCUT2D eigenvalue weighted by molar-refractivity contribution is -0.125. The molecule has 0 spiro atoms. The normalized spacial score (nSPS) is 18.0. The highest BCUT2D eigenvalue weighted by atomic mass is 16.4. The van der Waals surface area contributed by atoms with Crippen molar-refractivity contribution in [1.29, 1.82) is 0 Å². The molecule has 2 saturated carbocycles. The number of likely N-dealkylation sites (tertiary alicyclic amines) is 1. The molecule has 3 aliphatic heterocycles. The summed E-state index contributed by atoms with van der Waals surface area (Å²) >= 11 is 0. The quantitative estimate of drug-likeness (QED) is 0.0518. The van der Waals surface area contributed by atoms with Crippen molar-refractivity contribution in [3.8, 4) is 11.9 Å². The van der Waals surface area contributed by atoms with Gasteiger partial charge in [0.05, 0.1) is 52.9 Å². The number of carboxylic acid groups (broad SMARTS) is 1. The molecule has 3 saturated heterocycles. The minimum absolute atomic E-state index is 0.000631. The number of benzene rings is 2. The highest BCUT2D eigenvalue weighted by molar-refractivity contribution is 6.16. The standard InChI is InChI=1S/C28H30N10O3.C21H16N8O4/c39-23-14-18(26(41)33-23)12-19-15-31-38-24(19)34-27(35-28(38)32-20-5-6-20)37-16-30-21-13-17(4-7-22(21)37)25(40)29-8-3-11-36-9-1-2-10-36;30-16-7-11(18(31)25-16)5-12-8-23-29-17(12)26-20(27-21(29)24-13-2-3-13)28-9-22-14-6-10(19(32)33)1-4-15(14)28/h4,7,12-13,15-16,20H,1-3,5-6,8-11,14H2,(H,29,40)(H,32,34,35)(H,33,39,41);1,4-6,8-9,13H,2-3,7H2,(H,32,33)(H,24,26,27)(H,25,30,31)/b18-12+;11-5+. The highest BCUT2D eigenvalue weighted by Crippen LogP contribution is 2.29. The lowest BCUT2D eigenvalue weighted by Crippen LogP contribution is -2.28. The van der Waals surface area contributed by atoms with E-state index < -0.39 is 17.8 Å². The number of hydrogen-bond donors (Lipinski definition) is 6. The van der Waals surface area contributed by atoms with E-state index in [0.717, 1.165) is 57.3 Å². The van der Waals surface area contributed by atoms with Gasteiger partial charge in [-0.1, -0.05) is 0 Å². The molecule has 6 N–H and O–H groups in total. The molecule has 374 valence electrons. The zero-order valence-electron chi connectivity index (χ0n) is 39.5. The molecule has 5 amide bonds. The van der Waals surface area contributed by atoms with Crippen LogP contribution in [0.3, 0.4) is 0 Å². The summed E-state index contributed by atoms with van der Waals surface area (Å²) in [5.74, 6) is -0.989. The third-order valence-corrected chi connectivity index (χ3v) is 13.2. The number of amides is 5. The van der Waals surface area contributed by atoms with Gasteiger partial charge in [0.15, 0.2) is 11.3 Å².